The summed E-state index contributed by atoms with van der Waals surface area (Å²) >= 11 is 0. The summed E-state index contributed by atoms with van der Waals surface area (Å²) in [6.07, 6.45) is 4.90. The lowest BCUT2D eigenvalue weighted by Gasteiger charge is -2.35. The number of likely N-dealkylation sites (tertiary alicyclic amines) is 1. The van der Waals surface area contributed by atoms with Gasteiger partial charge in [0.25, 0.3) is 0 Å². The van der Waals surface area contributed by atoms with Crippen molar-refractivity contribution in [2.45, 2.75) is 45.1 Å². The van der Waals surface area contributed by atoms with Gasteiger partial charge in [-0.3, -0.25) is 9.59 Å². The highest BCUT2D eigenvalue weighted by Crippen LogP contribution is 2.12. The second kappa shape index (κ2) is 6.89. The van der Waals surface area contributed by atoms with Gasteiger partial charge >= 0.3 is 0 Å². The van der Waals surface area contributed by atoms with E-state index in [1.54, 1.807) is 4.90 Å². The third-order valence-electron chi connectivity index (χ3n) is 4.07. The van der Waals surface area contributed by atoms with Crippen LogP contribution in [0.25, 0.3) is 0 Å². The number of piperazine rings is 1. The molecule has 5 heteroatoms. The molecule has 2 rings (SSSR count). The number of hydrogen-bond donors (Lipinski definition) is 1. The highest BCUT2D eigenvalue weighted by atomic mass is 16.2. The molecule has 0 saturated carbocycles. The molecule has 108 valence electrons. The van der Waals surface area contributed by atoms with E-state index < -0.39 is 0 Å². The maximum atomic E-state index is 12.3. The Morgan fingerprint density at radius 2 is 2.05 bits per heavy atom. The largest absolute Gasteiger partial charge is 0.336 e. The van der Waals surface area contributed by atoms with E-state index in [4.69, 9.17) is 0 Å². The van der Waals surface area contributed by atoms with Gasteiger partial charge in [-0.1, -0.05) is 12.8 Å². The Hall–Kier alpha value is -1.10. The number of carbonyl (C=O) groups is 2. The zero-order chi connectivity index (χ0) is 13.7. The van der Waals surface area contributed by atoms with Crippen LogP contribution in [0.15, 0.2) is 0 Å². The molecule has 2 fully saturated rings. The fraction of sp³-hybridized carbons (Fsp3) is 0.857. The first-order chi connectivity index (χ1) is 9.18. The normalized spacial score (nSPS) is 25.9. The first-order valence-corrected chi connectivity index (χ1v) is 7.46. The zero-order valence-corrected chi connectivity index (χ0v) is 11.9. The number of carbonyl (C=O) groups excluding carboxylic acids is 2. The van der Waals surface area contributed by atoms with E-state index in [9.17, 15) is 9.59 Å². The predicted octanol–water partition coefficient (Wildman–Crippen LogP) is 0.599. The number of nitrogens with one attached hydrogen (secondary N) is 1. The van der Waals surface area contributed by atoms with Crippen LogP contribution in [0.4, 0.5) is 0 Å². The van der Waals surface area contributed by atoms with Crippen molar-refractivity contribution in [2.75, 3.05) is 32.7 Å². The Bertz CT molecular complexity index is 333. The second-order valence-corrected chi connectivity index (χ2v) is 5.62. The van der Waals surface area contributed by atoms with Crippen molar-refractivity contribution in [3.05, 3.63) is 0 Å². The van der Waals surface area contributed by atoms with Crippen molar-refractivity contribution in [3.63, 3.8) is 0 Å². The molecule has 0 aromatic rings. The standard InChI is InChI=1S/C14H25N3O2/c1-12-10-15-7-9-17(12)14(19)11-16-8-5-3-2-4-6-13(16)18/h12,15H,2-11H2,1H3/t12-/m0/s1. The lowest BCUT2D eigenvalue weighted by molar-refractivity contribution is -0.142. The maximum absolute atomic E-state index is 12.3. The third-order valence-corrected chi connectivity index (χ3v) is 4.07. The first kappa shape index (κ1) is 14.3. The van der Waals surface area contributed by atoms with Gasteiger partial charge in [0.15, 0.2) is 0 Å². The summed E-state index contributed by atoms with van der Waals surface area (Å²) in [4.78, 5) is 28.0. The lowest BCUT2D eigenvalue weighted by atomic mass is 10.1. The predicted molar refractivity (Wildman–Crippen MR) is 73.7 cm³/mol. The number of nitrogens with zero attached hydrogens (tertiary/aromatic N) is 2. The van der Waals surface area contributed by atoms with E-state index in [-0.39, 0.29) is 24.4 Å². The van der Waals surface area contributed by atoms with E-state index in [1.165, 1.54) is 6.42 Å². The Kier molecular flexibility index (Phi) is 5.19. The fourth-order valence-electron chi connectivity index (χ4n) is 2.85. The monoisotopic (exact) mass is 267 g/mol. The Balaban J connectivity index is 1.90. The molecule has 0 bridgehead atoms. The molecule has 2 saturated heterocycles. The van der Waals surface area contributed by atoms with Crippen molar-refractivity contribution >= 4 is 11.8 Å². The quantitative estimate of drug-likeness (QED) is 0.797. The summed E-state index contributed by atoms with van der Waals surface area (Å²) in [5, 5.41) is 3.28. The Labute approximate surface area is 115 Å². The van der Waals surface area contributed by atoms with Crippen molar-refractivity contribution in [1.82, 2.24) is 15.1 Å². The van der Waals surface area contributed by atoms with E-state index in [1.807, 2.05) is 4.90 Å². The molecule has 19 heavy (non-hydrogen) atoms. The van der Waals surface area contributed by atoms with Crippen molar-refractivity contribution in [1.29, 1.82) is 0 Å². The van der Waals surface area contributed by atoms with Gasteiger partial charge < -0.3 is 15.1 Å². The van der Waals surface area contributed by atoms with E-state index in [2.05, 4.69) is 12.2 Å². The molecule has 0 unspecified atom stereocenters. The van der Waals surface area contributed by atoms with Crippen LogP contribution in [-0.2, 0) is 9.59 Å². The number of rotatable bonds is 2. The minimum atomic E-state index is 0.0999. The average molecular weight is 267 g/mol. The second-order valence-electron chi connectivity index (χ2n) is 5.62. The van der Waals surface area contributed by atoms with Gasteiger partial charge in [-0.15, -0.1) is 0 Å². The summed E-state index contributed by atoms with van der Waals surface area (Å²) in [5.74, 6) is 0.249. The number of amides is 2. The van der Waals surface area contributed by atoms with Gasteiger partial charge in [0.2, 0.25) is 11.8 Å². The van der Waals surface area contributed by atoms with E-state index >= 15 is 0 Å². The average Bonchev–Trinajstić information content (AvgIpc) is 2.39. The van der Waals surface area contributed by atoms with Crippen LogP contribution in [0, 0.1) is 0 Å². The maximum Gasteiger partial charge on any atom is 0.242 e. The Morgan fingerprint density at radius 3 is 2.84 bits per heavy atom. The van der Waals surface area contributed by atoms with Crippen LogP contribution >= 0.6 is 0 Å². The third kappa shape index (κ3) is 3.93. The molecule has 2 heterocycles. The van der Waals surface area contributed by atoms with Gasteiger partial charge in [0, 0.05) is 38.6 Å². The summed E-state index contributed by atoms with van der Waals surface area (Å²) in [6.45, 7) is 5.51. The molecular weight excluding hydrogens is 242 g/mol. The SMILES string of the molecule is C[C@H]1CNCCN1C(=O)CN1CCCCCCC1=O. The highest BCUT2D eigenvalue weighted by Gasteiger charge is 2.26. The fourth-order valence-corrected chi connectivity index (χ4v) is 2.85. The molecule has 0 aliphatic carbocycles. The molecule has 0 aromatic heterocycles. The molecule has 5 nitrogen and oxygen atoms in total. The minimum absolute atomic E-state index is 0.0999. The molecule has 1 atom stereocenters. The molecule has 0 spiro atoms. The van der Waals surface area contributed by atoms with Crippen LogP contribution in [0.2, 0.25) is 0 Å². The zero-order valence-electron chi connectivity index (χ0n) is 11.9. The molecule has 0 radical (unpaired) electrons. The summed E-state index contributed by atoms with van der Waals surface area (Å²) in [7, 11) is 0. The first-order valence-electron chi connectivity index (χ1n) is 7.46. The van der Waals surface area contributed by atoms with Crippen LogP contribution in [0.3, 0.4) is 0 Å². The van der Waals surface area contributed by atoms with Gasteiger partial charge in [-0.25, -0.2) is 0 Å². The van der Waals surface area contributed by atoms with Crippen molar-refractivity contribution in [2.24, 2.45) is 0 Å². The summed E-state index contributed by atoms with van der Waals surface area (Å²) < 4.78 is 0. The van der Waals surface area contributed by atoms with Gasteiger partial charge in [-0.2, -0.15) is 0 Å². The molecule has 1 N–H and O–H groups in total. The molecular formula is C14H25N3O2. The van der Waals surface area contributed by atoms with Crippen LogP contribution in [0.1, 0.15) is 39.0 Å². The van der Waals surface area contributed by atoms with Crippen molar-refractivity contribution < 1.29 is 9.59 Å². The van der Waals surface area contributed by atoms with Gasteiger partial charge in [-0.05, 0) is 19.8 Å². The molecule has 2 aliphatic rings. The van der Waals surface area contributed by atoms with Crippen LogP contribution in [0.5, 0.6) is 0 Å². The topological polar surface area (TPSA) is 52.7 Å². The lowest BCUT2D eigenvalue weighted by Crippen LogP contribution is -2.55. The van der Waals surface area contributed by atoms with Crippen LogP contribution in [-0.4, -0.2) is 60.4 Å². The van der Waals surface area contributed by atoms with Gasteiger partial charge in [0.05, 0.1) is 6.54 Å². The molecule has 2 amide bonds. The minimum Gasteiger partial charge on any atom is -0.336 e. The molecule has 2 aliphatic heterocycles. The summed E-state index contributed by atoms with van der Waals surface area (Å²) in [5.41, 5.74) is 0. The van der Waals surface area contributed by atoms with E-state index in [0.717, 1.165) is 45.4 Å². The molecule has 0 aromatic carbocycles. The smallest absolute Gasteiger partial charge is 0.242 e. The number of hydrogen-bond acceptors (Lipinski definition) is 3. The Morgan fingerprint density at radius 1 is 1.26 bits per heavy atom. The van der Waals surface area contributed by atoms with Crippen molar-refractivity contribution in [3.8, 4) is 0 Å². The summed E-state index contributed by atoms with van der Waals surface area (Å²) in [6, 6.07) is 0.228. The van der Waals surface area contributed by atoms with Crippen LogP contribution < -0.4 is 5.32 Å². The van der Waals surface area contributed by atoms with Gasteiger partial charge in [0.1, 0.15) is 0 Å². The van der Waals surface area contributed by atoms with E-state index in [0.29, 0.717) is 6.42 Å². The highest BCUT2D eigenvalue weighted by molar-refractivity contribution is 5.85.